The van der Waals surface area contributed by atoms with Gasteiger partial charge in [0.15, 0.2) is 0 Å². The summed E-state index contributed by atoms with van der Waals surface area (Å²) in [7, 11) is 0. The molecular formula is C22H27N3O2S. The van der Waals surface area contributed by atoms with Gasteiger partial charge in [0.1, 0.15) is 0 Å². The minimum absolute atomic E-state index is 0.0204. The smallest absolute Gasteiger partial charge is 0.235 e. The Morgan fingerprint density at radius 1 is 1.14 bits per heavy atom. The van der Waals surface area contributed by atoms with Gasteiger partial charge in [-0.2, -0.15) is 0 Å². The minimum atomic E-state index is -0.0730. The Labute approximate surface area is 170 Å². The van der Waals surface area contributed by atoms with E-state index in [1.54, 1.807) is 24.2 Å². The van der Waals surface area contributed by atoms with Crippen LogP contribution in [0.2, 0.25) is 0 Å². The summed E-state index contributed by atoms with van der Waals surface area (Å²) < 4.78 is 0. The van der Waals surface area contributed by atoms with Crippen LogP contribution in [-0.4, -0.2) is 40.0 Å². The van der Waals surface area contributed by atoms with E-state index in [1.807, 2.05) is 42.2 Å². The largest absolute Gasteiger partial charge is 0.352 e. The zero-order valence-corrected chi connectivity index (χ0v) is 17.0. The lowest BCUT2D eigenvalue weighted by molar-refractivity contribution is -0.135. The molecule has 1 aromatic carbocycles. The van der Waals surface area contributed by atoms with E-state index in [4.69, 9.17) is 0 Å². The number of amides is 2. The number of rotatable bonds is 7. The van der Waals surface area contributed by atoms with E-state index in [9.17, 15) is 9.59 Å². The van der Waals surface area contributed by atoms with Gasteiger partial charge in [-0.05, 0) is 37.0 Å². The predicted octanol–water partition coefficient (Wildman–Crippen LogP) is 3.26. The van der Waals surface area contributed by atoms with Crippen molar-refractivity contribution in [2.45, 2.75) is 37.3 Å². The van der Waals surface area contributed by atoms with Gasteiger partial charge in [-0.3, -0.25) is 14.6 Å². The second kappa shape index (κ2) is 10.3. The fourth-order valence-corrected chi connectivity index (χ4v) is 4.25. The van der Waals surface area contributed by atoms with Crippen molar-refractivity contribution in [2.75, 3.05) is 13.1 Å². The molecule has 5 nitrogen and oxygen atoms in total. The second-order valence-electron chi connectivity index (χ2n) is 7.12. The molecule has 148 valence electrons. The first kappa shape index (κ1) is 20.4. The van der Waals surface area contributed by atoms with Crippen LogP contribution in [0.15, 0.2) is 54.9 Å². The van der Waals surface area contributed by atoms with Crippen LogP contribution in [0.1, 0.15) is 30.9 Å². The Morgan fingerprint density at radius 3 is 2.54 bits per heavy atom. The maximum Gasteiger partial charge on any atom is 0.235 e. The topological polar surface area (TPSA) is 62.3 Å². The third-order valence-electron chi connectivity index (χ3n) is 5.06. The molecule has 28 heavy (non-hydrogen) atoms. The van der Waals surface area contributed by atoms with Crippen LogP contribution in [0.5, 0.6) is 0 Å². The van der Waals surface area contributed by atoms with Crippen LogP contribution in [0.3, 0.4) is 0 Å². The van der Waals surface area contributed by atoms with Gasteiger partial charge < -0.3 is 10.2 Å². The first-order valence-corrected chi connectivity index (χ1v) is 10.8. The highest BCUT2D eigenvalue weighted by atomic mass is 32.2. The maximum absolute atomic E-state index is 12.7. The lowest BCUT2D eigenvalue weighted by Gasteiger charge is -2.33. The molecule has 2 heterocycles. The highest BCUT2D eigenvalue weighted by Gasteiger charge is 2.29. The van der Waals surface area contributed by atoms with Gasteiger partial charge in [0.05, 0.1) is 5.25 Å². The summed E-state index contributed by atoms with van der Waals surface area (Å²) in [5.74, 6) is 1.06. The number of carbonyl (C=O) groups excluding carboxylic acids is 2. The molecule has 1 fully saturated rings. The maximum atomic E-state index is 12.7. The van der Waals surface area contributed by atoms with E-state index in [1.165, 1.54) is 5.56 Å². The number of hydrogen-bond acceptors (Lipinski definition) is 4. The molecule has 3 rings (SSSR count). The molecule has 0 radical (unpaired) electrons. The Kier molecular flexibility index (Phi) is 7.48. The summed E-state index contributed by atoms with van der Waals surface area (Å²) in [6.45, 7) is 3.78. The normalized spacial score (nSPS) is 15.8. The number of pyridine rings is 1. The van der Waals surface area contributed by atoms with Gasteiger partial charge in [0, 0.05) is 43.7 Å². The Bertz CT molecular complexity index is 762. The number of nitrogens with zero attached hydrogens (tertiary/aromatic N) is 2. The van der Waals surface area contributed by atoms with E-state index < -0.39 is 0 Å². The van der Waals surface area contributed by atoms with Crippen molar-refractivity contribution < 1.29 is 9.59 Å². The third kappa shape index (κ3) is 5.83. The number of thioether (sulfide) groups is 1. The van der Waals surface area contributed by atoms with Gasteiger partial charge >= 0.3 is 0 Å². The summed E-state index contributed by atoms with van der Waals surface area (Å²) in [6, 6.07) is 14.0. The molecule has 1 aromatic heterocycles. The first-order chi connectivity index (χ1) is 13.6. The van der Waals surface area contributed by atoms with Crippen LogP contribution in [0, 0.1) is 5.92 Å². The molecule has 1 N–H and O–H groups in total. The second-order valence-corrected chi connectivity index (χ2v) is 8.45. The first-order valence-electron chi connectivity index (χ1n) is 9.74. The average molecular weight is 398 g/mol. The van der Waals surface area contributed by atoms with Gasteiger partial charge in [-0.15, -0.1) is 11.8 Å². The van der Waals surface area contributed by atoms with Crippen molar-refractivity contribution in [3.63, 3.8) is 0 Å². The lowest BCUT2D eigenvalue weighted by atomic mass is 9.95. The molecule has 1 atom stereocenters. The van der Waals surface area contributed by atoms with E-state index in [2.05, 4.69) is 22.4 Å². The van der Waals surface area contributed by atoms with Gasteiger partial charge in [0.25, 0.3) is 0 Å². The fourth-order valence-electron chi connectivity index (χ4n) is 3.32. The Hall–Kier alpha value is -2.34. The molecule has 0 spiro atoms. The number of aromatic nitrogens is 1. The van der Waals surface area contributed by atoms with Gasteiger partial charge in [0.2, 0.25) is 11.8 Å². The standard InChI is InChI=1S/C22H27N3O2S/c1-17(28-16-18-6-3-2-4-7-18)22(27)25-12-9-20(10-13-25)21(26)24-15-19-8-5-11-23-14-19/h2-8,11,14,17,20H,9-10,12-13,15-16H2,1H3,(H,24,26). The van der Waals surface area contributed by atoms with Crippen LogP contribution < -0.4 is 5.32 Å². The summed E-state index contributed by atoms with van der Waals surface area (Å²) >= 11 is 1.67. The number of nitrogens with one attached hydrogen (secondary N) is 1. The fraction of sp³-hybridized carbons (Fsp3) is 0.409. The monoisotopic (exact) mass is 397 g/mol. The van der Waals surface area contributed by atoms with Gasteiger partial charge in [-0.25, -0.2) is 0 Å². The van der Waals surface area contributed by atoms with E-state index in [0.29, 0.717) is 19.6 Å². The van der Waals surface area contributed by atoms with E-state index in [0.717, 1.165) is 24.2 Å². The number of carbonyl (C=O) groups is 2. The number of hydrogen-bond donors (Lipinski definition) is 1. The summed E-state index contributed by atoms with van der Waals surface area (Å²) in [6.07, 6.45) is 4.93. The summed E-state index contributed by atoms with van der Waals surface area (Å²) in [5, 5.41) is 2.91. The minimum Gasteiger partial charge on any atom is -0.352 e. The lowest BCUT2D eigenvalue weighted by Crippen LogP contribution is -2.45. The van der Waals surface area contributed by atoms with E-state index >= 15 is 0 Å². The molecule has 2 aromatic rings. The molecule has 2 amide bonds. The SMILES string of the molecule is CC(SCc1ccccc1)C(=O)N1CCC(C(=O)NCc2cccnc2)CC1. The molecule has 6 heteroatoms. The van der Waals surface area contributed by atoms with Crippen LogP contribution in [0.4, 0.5) is 0 Å². The van der Waals surface area contributed by atoms with Crippen LogP contribution in [0.25, 0.3) is 0 Å². The van der Waals surface area contributed by atoms with Crippen molar-refractivity contribution in [1.82, 2.24) is 15.2 Å². The van der Waals surface area contributed by atoms with Crippen molar-refractivity contribution in [2.24, 2.45) is 5.92 Å². The molecule has 1 aliphatic rings. The van der Waals surface area contributed by atoms with Crippen molar-refractivity contribution >= 4 is 23.6 Å². The molecule has 0 bridgehead atoms. The number of piperidine rings is 1. The molecule has 1 saturated heterocycles. The van der Waals surface area contributed by atoms with E-state index in [-0.39, 0.29) is 23.0 Å². The molecular weight excluding hydrogens is 370 g/mol. The van der Waals surface area contributed by atoms with Crippen LogP contribution >= 0.6 is 11.8 Å². The molecule has 1 unspecified atom stereocenters. The highest BCUT2D eigenvalue weighted by Crippen LogP contribution is 2.23. The Morgan fingerprint density at radius 2 is 1.86 bits per heavy atom. The zero-order chi connectivity index (χ0) is 19.8. The van der Waals surface area contributed by atoms with Gasteiger partial charge in [-0.1, -0.05) is 36.4 Å². The third-order valence-corrected chi connectivity index (χ3v) is 6.26. The van der Waals surface area contributed by atoms with Crippen molar-refractivity contribution in [3.8, 4) is 0 Å². The molecule has 1 aliphatic heterocycles. The number of benzene rings is 1. The van der Waals surface area contributed by atoms with Crippen molar-refractivity contribution in [3.05, 3.63) is 66.0 Å². The predicted molar refractivity (Wildman–Crippen MR) is 113 cm³/mol. The summed E-state index contributed by atoms with van der Waals surface area (Å²) in [5.41, 5.74) is 2.23. The molecule has 0 aliphatic carbocycles. The van der Waals surface area contributed by atoms with Crippen molar-refractivity contribution in [1.29, 1.82) is 0 Å². The Balaban J connectivity index is 1.40. The average Bonchev–Trinajstić information content (AvgIpc) is 2.77. The highest BCUT2D eigenvalue weighted by molar-refractivity contribution is 7.99. The number of likely N-dealkylation sites (tertiary alicyclic amines) is 1. The summed E-state index contributed by atoms with van der Waals surface area (Å²) in [4.78, 5) is 31.1. The van der Waals surface area contributed by atoms with Crippen LogP contribution in [-0.2, 0) is 21.9 Å². The molecule has 0 saturated carbocycles. The zero-order valence-electron chi connectivity index (χ0n) is 16.2. The quantitative estimate of drug-likeness (QED) is 0.779.